The van der Waals surface area contributed by atoms with Gasteiger partial charge in [-0.05, 0) is 56.4 Å². The molecule has 2 aromatic heterocycles. The van der Waals surface area contributed by atoms with Crippen molar-refractivity contribution in [1.29, 1.82) is 0 Å². The van der Waals surface area contributed by atoms with Gasteiger partial charge in [0.2, 0.25) is 0 Å². The minimum atomic E-state index is 0.408. The van der Waals surface area contributed by atoms with Gasteiger partial charge >= 0.3 is 0 Å². The summed E-state index contributed by atoms with van der Waals surface area (Å²) in [5.74, 6) is 1.00. The van der Waals surface area contributed by atoms with E-state index < -0.39 is 0 Å². The van der Waals surface area contributed by atoms with Gasteiger partial charge in [0.1, 0.15) is 5.76 Å². The third kappa shape index (κ3) is 2.52. The van der Waals surface area contributed by atoms with Gasteiger partial charge in [-0.2, -0.15) is 0 Å². The Bertz CT molecular complexity index is 477. The molecule has 0 fully saturated rings. The molecule has 1 unspecified atom stereocenters. The average molecular weight is 261 g/mol. The van der Waals surface area contributed by atoms with E-state index >= 15 is 0 Å². The lowest BCUT2D eigenvalue weighted by Gasteiger charge is -2.10. The summed E-state index contributed by atoms with van der Waals surface area (Å²) in [7, 11) is 0. The maximum absolute atomic E-state index is 5.34. The molecule has 2 heterocycles. The molecule has 1 aliphatic carbocycles. The number of hydrogen-bond acceptors (Lipinski definition) is 3. The third-order valence-corrected chi connectivity index (χ3v) is 5.02. The van der Waals surface area contributed by atoms with E-state index in [1.165, 1.54) is 30.6 Å². The number of fused-ring (bicyclic) bond motifs is 1. The van der Waals surface area contributed by atoms with Crippen molar-refractivity contribution >= 4 is 11.3 Å². The highest BCUT2D eigenvalue weighted by Crippen LogP contribution is 2.32. The first-order valence-corrected chi connectivity index (χ1v) is 7.52. The van der Waals surface area contributed by atoms with Crippen LogP contribution in [0.15, 0.2) is 28.9 Å². The molecule has 0 aliphatic heterocycles. The molecule has 2 nitrogen and oxygen atoms in total. The molecule has 0 amide bonds. The van der Waals surface area contributed by atoms with Crippen LogP contribution in [0.3, 0.4) is 0 Å². The Balaban J connectivity index is 1.64. The van der Waals surface area contributed by atoms with Crippen LogP contribution < -0.4 is 5.32 Å². The molecule has 0 aromatic carbocycles. The molecule has 0 bridgehead atoms. The smallest absolute Gasteiger partial charge is 0.117 e. The van der Waals surface area contributed by atoms with Crippen molar-refractivity contribution in [2.45, 2.75) is 45.2 Å². The van der Waals surface area contributed by atoms with Gasteiger partial charge in [0.25, 0.3) is 0 Å². The third-order valence-electron chi connectivity index (χ3n) is 3.61. The molecule has 96 valence electrons. The zero-order valence-corrected chi connectivity index (χ0v) is 11.6. The zero-order valence-electron chi connectivity index (χ0n) is 10.7. The summed E-state index contributed by atoms with van der Waals surface area (Å²) >= 11 is 1.99. The van der Waals surface area contributed by atoms with E-state index in [-0.39, 0.29) is 0 Å². The molecule has 0 saturated carbocycles. The number of rotatable bonds is 4. The van der Waals surface area contributed by atoms with E-state index in [4.69, 9.17) is 4.42 Å². The summed E-state index contributed by atoms with van der Waals surface area (Å²) in [6.45, 7) is 3.04. The normalized spacial score (nSPS) is 16.5. The Hall–Kier alpha value is -1.06. The van der Waals surface area contributed by atoms with Crippen molar-refractivity contribution in [1.82, 2.24) is 5.32 Å². The van der Waals surface area contributed by atoms with Gasteiger partial charge < -0.3 is 9.73 Å². The lowest BCUT2D eigenvalue weighted by molar-refractivity contribution is 0.462. The van der Waals surface area contributed by atoms with Crippen LogP contribution in [0.5, 0.6) is 0 Å². The molecular formula is C15H19NOS. The van der Waals surface area contributed by atoms with Crippen molar-refractivity contribution in [2.24, 2.45) is 0 Å². The highest BCUT2D eigenvalue weighted by Gasteiger charge is 2.16. The fourth-order valence-electron chi connectivity index (χ4n) is 2.49. The highest BCUT2D eigenvalue weighted by atomic mass is 32.1. The van der Waals surface area contributed by atoms with E-state index in [0.717, 1.165) is 12.3 Å². The summed E-state index contributed by atoms with van der Waals surface area (Å²) in [5.41, 5.74) is 1.59. The van der Waals surface area contributed by atoms with Crippen LogP contribution in [0.4, 0.5) is 0 Å². The lowest BCUT2D eigenvalue weighted by Crippen LogP contribution is -2.16. The molecule has 1 N–H and O–H groups in total. The van der Waals surface area contributed by atoms with Crippen LogP contribution in [0.1, 0.15) is 46.9 Å². The lowest BCUT2D eigenvalue weighted by atomic mass is 9.99. The molecule has 0 spiro atoms. The fraction of sp³-hybridized carbons (Fsp3) is 0.467. The number of nitrogens with one attached hydrogen (secondary N) is 1. The number of aryl methyl sites for hydroxylation is 2. The van der Waals surface area contributed by atoms with Crippen LogP contribution in [-0.2, 0) is 19.4 Å². The van der Waals surface area contributed by atoms with Crippen molar-refractivity contribution < 1.29 is 4.42 Å². The van der Waals surface area contributed by atoms with E-state index in [0.29, 0.717) is 6.04 Å². The van der Waals surface area contributed by atoms with Gasteiger partial charge in [0.05, 0.1) is 12.8 Å². The Morgan fingerprint density at radius 3 is 3.06 bits per heavy atom. The molecule has 0 saturated heterocycles. The first-order chi connectivity index (χ1) is 8.83. The minimum Gasteiger partial charge on any atom is -0.468 e. The van der Waals surface area contributed by atoms with Crippen LogP contribution in [0.2, 0.25) is 0 Å². The Morgan fingerprint density at radius 2 is 2.28 bits per heavy atom. The van der Waals surface area contributed by atoms with Gasteiger partial charge in [-0.15, -0.1) is 11.3 Å². The second kappa shape index (κ2) is 5.29. The predicted molar refractivity (Wildman–Crippen MR) is 74.9 cm³/mol. The summed E-state index contributed by atoms with van der Waals surface area (Å²) in [6.07, 6.45) is 7.01. The maximum atomic E-state index is 5.34. The fourth-order valence-corrected chi connectivity index (χ4v) is 3.78. The maximum Gasteiger partial charge on any atom is 0.117 e. The quantitative estimate of drug-likeness (QED) is 0.897. The van der Waals surface area contributed by atoms with E-state index in [9.17, 15) is 0 Å². The van der Waals surface area contributed by atoms with Gasteiger partial charge in [0.15, 0.2) is 0 Å². The number of furan rings is 1. The minimum absolute atomic E-state index is 0.408. The molecule has 3 rings (SSSR count). The number of hydrogen-bond donors (Lipinski definition) is 1. The van der Waals surface area contributed by atoms with Crippen molar-refractivity contribution in [3.63, 3.8) is 0 Å². The molecule has 18 heavy (non-hydrogen) atoms. The van der Waals surface area contributed by atoms with E-state index in [2.05, 4.69) is 18.3 Å². The molecule has 3 heteroatoms. The molecular weight excluding hydrogens is 242 g/mol. The van der Waals surface area contributed by atoms with Crippen LogP contribution in [0, 0.1) is 0 Å². The van der Waals surface area contributed by atoms with E-state index in [1.54, 1.807) is 16.7 Å². The second-order valence-electron chi connectivity index (χ2n) is 4.99. The van der Waals surface area contributed by atoms with Gasteiger partial charge in [-0.1, -0.05) is 0 Å². The van der Waals surface area contributed by atoms with Crippen LogP contribution in [0.25, 0.3) is 0 Å². The molecule has 1 atom stereocenters. The van der Waals surface area contributed by atoms with Crippen molar-refractivity contribution in [2.75, 3.05) is 0 Å². The zero-order chi connectivity index (χ0) is 12.4. The molecule has 0 radical (unpaired) electrons. The standard InChI is InChI=1S/C15H19NOS/c1-11(16-10-13-6-4-8-17-13)15-9-12-5-2-3-7-14(12)18-15/h4,6,8-9,11,16H,2-3,5,7,10H2,1H3. The van der Waals surface area contributed by atoms with Crippen molar-refractivity contribution in [3.05, 3.63) is 45.5 Å². The van der Waals surface area contributed by atoms with Gasteiger partial charge in [0, 0.05) is 15.8 Å². The number of thiophene rings is 1. The van der Waals surface area contributed by atoms with Gasteiger partial charge in [-0.3, -0.25) is 0 Å². The summed E-state index contributed by atoms with van der Waals surface area (Å²) < 4.78 is 5.34. The highest BCUT2D eigenvalue weighted by molar-refractivity contribution is 7.12. The molecule has 2 aromatic rings. The summed E-state index contributed by atoms with van der Waals surface area (Å²) in [5, 5.41) is 3.53. The topological polar surface area (TPSA) is 25.2 Å². The Labute approximate surface area is 112 Å². The second-order valence-corrected chi connectivity index (χ2v) is 6.15. The first-order valence-electron chi connectivity index (χ1n) is 6.70. The summed E-state index contributed by atoms with van der Waals surface area (Å²) in [4.78, 5) is 3.08. The van der Waals surface area contributed by atoms with Crippen molar-refractivity contribution in [3.8, 4) is 0 Å². The largest absolute Gasteiger partial charge is 0.468 e. The van der Waals surface area contributed by atoms with Crippen LogP contribution >= 0.6 is 11.3 Å². The van der Waals surface area contributed by atoms with Crippen LogP contribution in [-0.4, -0.2) is 0 Å². The predicted octanol–water partition coefficient (Wildman–Crippen LogP) is 4.07. The Morgan fingerprint density at radius 1 is 1.39 bits per heavy atom. The SMILES string of the molecule is CC(NCc1ccco1)c1cc2c(s1)CCCC2. The van der Waals surface area contributed by atoms with Gasteiger partial charge in [-0.25, -0.2) is 0 Å². The Kier molecular flexibility index (Phi) is 3.52. The average Bonchev–Trinajstić information content (AvgIpc) is 3.04. The van der Waals surface area contributed by atoms with E-state index in [1.807, 2.05) is 23.5 Å². The monoisotopic (exact) mass is 261 g/mol. The molecule has 1 aliphatic rings. The first kappa shape index (κ1) is 12.0. The summed E-state index contributed by atoms with van der Waals surface area (Å²) in [6, 6.07) is 6.76.